The first kappa shape index (κ1) is 21.2. The molecule has 2 amide bonds. The molecule has 0 N–H and O–H groups in total. The van der Waals surface area contributed by atoms with Crippen LogP contribution in [-0.4, -0.2) is 68.3 Å². The van der Waals surface area contributed by atoms with Gasteiger partial charge in [0.15, 0.2) is 17.0 Å². The molecule has 1 aromatic rings. The second kappa shape index (κ2) is 6.86. The van der Waals surface area contributed by atoms with Crippen LogP contribution in [0.3, 0.4) is 0 Å². The highest BCUT2D eigenvalue weighted by Crippen LogP contribution is 2.71. The standard InChI is InChI=1S/C24H26N2O8/c1-31-20(29)24-8-7-22-6-3-9-25(12-27)19(22)23(24,11-14(28)10-22)15-4-5-16-18(34-13-33-16)17(15)26(24)21(30)32-2/h4-5,12,19H,3,6-11,13H2,1-2H3. The number of piperidine rings is 1. The fourth-order valence-electron chi connectivity index (χ4n) is 7.96. The minimum absolute atomic E-state index is 0.000997. The third-order valence-electron chi connectivity index (χ3n) is 8.83. The zero-order valence-corrected chi connectivity index (χ0v) is 19.1. The summed E-state index contributed by atoms with van der Waals surface area (Å²) < 4.78 is 21.9. The molecule has 1 spiro atoms. The fourth-order valence-corrected chi connectivity index (χ4v) is 7.96. The van der Waals surface area contributed by atoms with Crippen LogP contribution < -0.4 is 14.4 Å². The van der Waals surface area contributed by atoms with Gasteiger partial charge in [-0.05, 0) is 42.7 Å². The lowest BCUT2D eigenvalue weighted by atomic mass is 9.42. The number of ether oxygens (including phenoxy) is 4. The molecular weight excluding hydrogens is 444 g/mol. The number of anilines is 1. The molecular formula is C24H26N2O8. The Kier molecular flexibility index (Phi) is 4.29. The van der Waals surface area contributed by atoms with Gasteiger partial charge < -0.3 is 23.8 Å². The number of nitrogens with zero attached hydrogens (tertiary/aromatic N) is 2. The Morgan fingerprint density at radius 1 is 1.12 bits per heavy atom. The van der Waals surface area contributed by atoms with Crippen LogP contribution in [0.1, 0.15) is 44.1 Å². The maximum atomic E-state index is 13.9. The van der Waals surface area contributed by atoms with Crippen molar-refractivity contribution < 1.29 is 38.1 Å². The predicted molar refractivity (Wildman–Crippen MR) is 116 cm³/mol. The molecule has 2 saturated carbocycles. The van der Waals surface area contributed by atoms with E-state index >= 15 is 0 Å². The highest BCUT2D eigenvalue weighted by Gasteiger charge is 2.80. The molecule has 4 unspecified atom stereocenters. The van der Waals surface area contributed by atoms with Crippen molar-refractivity contribution in [3.63, 3.8) is 0 Å². The number of ketones is 1. The van der Waals surface area contributed by atoms with E-state index in [0.29, 0.717) is 42.1 Å². The number of hydrogen-bond acceptors (Lipinski definition) is 8. The second-order valence-electron chi connectivity index (χ2n) is 9.93. The quantitative estimate of drug-likeness (QED) is 0.476. The van der Waals surface area contributed by atoms with E-state index in [9.17, 15) is 19.2 Å². The summed E-state index contributed by atoms with van der Waals surface area (Å²) in [6.07, 6.45) is 2.71. The Hall–Kier alpha value is -3.30. The first-order valence-electron chi connectivity index (χ1n) is 11.5. The van der Waals surface area contributed by atoms with Gasteiger partial charge in [-0.15, -0.1) is 0 Å². The number of likely N-dealkylation sites (tertiary alicyclic amines) is 1. The summed E-state index contributed by atoms with van der Waals surface area (Å²) in [5.74, 6) is 0.132. The SMILES string of the molecule is COC(=O)N1c2c(ccc3c2OCO3)C23CC(=O)CC4(CCCN(C=O)C42)CCC13C(=O)OC. The molecule has 10 nitrogen and oxygen atoms in total. The topological polar surface area (TPSA) is 112 Å². The van der Waals surface area contributed by atoms with E-state index in [4.69, 9.17) is 18.9 Å². The Bertz CT molecular complexity index is 1140. The molecule has 0 radical (unpaired) electrons. The number of benzene rings is 1. The Morgan fingerprint density at radius 3 is 2.68 bits per heavy atom. The molecule has 3 heterocycles. The third-order valence-corrected chi connectivity index (χ3v) is 8.83. The Morgan fingerprint density at radius 2 is 1.94 bits per heavy atom. The van der Waals surface area contributed by atoms with Crippen LogP contribution in [0.4, 0.5) is 10.5 Å². The lowest BCUT2D eigenvalue weighted by molar-refractivity contribution is -0.175. The second-order valence-corrected chi connectivity index (χ2v) is 9.93. The minimum atomic E-state index is -1.58. The zero-order chi connectivity index (χ0) is 23.9. The van der Waals surface area contributed by atoms with Crippen LogP contribution in [0.15, 0.2) is 12.1 Å². The number of Topliss-reactive ketones (excluding diaryl/α,β-unsaturated/α-hetero) is 1. The summed E-state index contributed by atoms with van der Waals surface area (Å²) in [4.78, 5) is 56.2. The first-order valence-corrected chi connectivity index (χ1v) is 11.5. The molecule has 180 valence electrons. The van der Waals surface area contributed by atoms with Crippen molar-refractivity contribution in [3.05, 3.63) is 17.7 Å². The fraction of sp³-hybridized carbons (Fsp3) is 0.583. The molecule has 2 aliphatic carbocycles. The molecule has 2 bridgehead atoms. The van der Waals surface area contributed by atoms with E-state index in [1.165, 1.54) is 19.1 Å². The largest absolute Gasteiger partial charge is 0.467 e. The molecule has 10 heteroatoms. The molecule has 3 aliphatic heterocycles. The Balaban J connectivity index is 1.75. The van der Waals surface area contributed by atoms with Gasteiger partial charge >= 0.3 is 12.1 Å². The van der Waals surface area contributed by atoms with Crippen molar-refractivity contribution in [2.24, 2.45) is 5.41 Å². The molecule has 6 rings (SSSR count). The predicted octanol–water partition coefficient (Wildman–Crippen LogP) is 1.92. The average molecular weight is 470 g/mol. The smallest absolute Gasteiger partial charge is 0.415 e. The van der Waals surface area contributed by atoms with Gasteiger partial charge in [-0.25, -0.2) is 9.59 Å². The third kappa shape index (κ3) is 2.17. The van der Waals surface area contributed by atoms with Crippen LogP contribution >= 0.6 is 0 Å². The summed E-state index contributed by atoms with van der Waals surface area (Å²) in [7, 11) is 2.52. The van der Waals surface area contributed by atoms with E-state index < -0.39 is 34.5 Å². The van der Waals surface area contributed by atoms with E-state index in [1.807, 2.05) is 0 Å². The minimum Gasteiger partial charge on any atom is -0.467 e. The highest BCUT2D eigenvalue weighted by atomic mass is 16.7. The van der Waals surface area contributed by atoms with Crippen LogP contribution in [0.2, 0.25) is 0 Å². The molecule has 1 saturated heterocycles. The van der Waals surface area contributed by atoms with Crippen molar-refractivity contribution in [2.45, 2.75) is 55.5 Å². The van der Waals surface area contributed by atoms with Crippen molar-refractivity contribution in [1.82, 2.24) is 4.90 Å². The van der Waals surface area contributed by atoms with Crippen LogP contribution in [0.5, 0.6) is 11.5 Å². The normalized spacial score (nSPS) is 34.6. The number of hydrogen-bond donors (Lipinski definition) is 0. The molecule has 1 aromatic carbocycles. The van der Waals surface area contributed by atoms with E-state index in [1.54, 1.807) is 17.0 Å². The van der Waals surface area contributed by atoms with Crippen molar-refractivity contribution >= 4 is 29.9 Å². The number of rotatable bonds is 2. The maximum absolute atomic E-state index is 13.9. The van der Waals surface area contributed by atoms with Crippen molar-refractivity contribution in [2.75, 3.05) is 32.5 Å². The van der Waals surface area contributed by atoms with E-state index in [-0.39, 0.29) is 25.4 Å². The maximum Gasteiger partial charge on any atom is 0.415 e. The van der Waals surface area contributed by atoms with Gasteiger partial charge in [0, 0.05) is 19.4 Å². The van der Waals surface area contributed by atoms with Gasteiger partial charge in [0.1, 0.15) is 5.78 Å². The van der Waals surface area contributed by atoms with Crippen LogP contribution in [-0.2, 0) is 29.3 Å². The summed E-state index contributed by atoms with van der Waals surface area (Å²) in [6.45, 7) is 0.479. The van der Waals surface area contributed by atoms with Crippen molar-refractivity contribution in [1.29, 1.82) is 0 Å². The molecule has 3 fully saturated rings. The molecule has 34 heavy (non-hydrogen) atoms. The molecule has 4 atom stereocenters. The van der Waals surface area contributed by atoms with Gasteiger partial charge in [-0.1, -0.05) is 6.07 Å². The summed E-state index contributed by atoms with van der Waals surface area (Å²) >= 11 is 0. The van der Waals surface area contributed by atoms with Crippen molar-refractivity contribution in [3.8, 4) is 11.5 Å². The summed E-state index contributed by atoms with van der Waals surface area (Å²) in [5.41, 5.74) is -2.30. The highest BCUT2D eigenvalue weighted by molar-refractivity contribution is 6.08. The average Bonchev–Trinajstić information content (AvgIpc) is 3.41. The summed E-state index contributed by atoms with van der Waals surface area (Å²) in [6, 6.07) is 3.07. The number of amides is 2. The zero-order valence-electron chi connectivity index (χ0n) is 19.1. The number of methoxy groups -OCH3 is 2. The van der Waals surface area contributed by atoms with Gasteiger partial charge in [0.2, 0.25) is 13.2 Å². The van der Waals surface area contributed by atoms with Crippen LogP contribution in [0.25, 0.3) is 0 Å². The monoisotopic (exact) mass is 470 g/mol. The molecule has 0 aromatic heterocycles. The van der Waals surface area contributed by atoms with E-state index in [0.717, 1.165) is 19.3 Å². The van der Waals surface area contributed by atoms with E-state index in [2.05, 4.69) is 0 Å². The molecule has 5 aliphatic rings. The van der Waals surface area contributed by atoms with Gasteiger partial charge in [-0.2, -0.15) is 0 Å². The lowest BCUT2D eigenvalue weighted by Gasteiger charge is -2.66. The van der Waals surface area contributed by atoms with Gasteiger partial charge in [0.05, 0.1) is 31.4 Å². The van der Waals surface area contributed by atoms with Gasteiger partial charge in [-0.3, -0.25) is 14.5 Å². The van der Waals surface area contributed by atoms with Gasteiger partial charge in [0.25, 0.3) is 0 Å². The number of carbonyl (C=O) groups is 4. The summed E-state index contributed by atoms with van der Waals surface area (Å²) in [5, 5.41) is 0. The number of carbonyl (C=O) groups excluding carboxylic acids is 4. The Labute approximate surface area is 196 Å². The number of fused-ring (bicyclic) bond motifs is 3. The van der Waals surface area contributed by atoms with Crippen LogP contribution in [0, 0.1) is 5.41 Å². The number of esters is 1. The lowest BCUT2D eigenvalue weighted by Crippen LogP contribution is -2.79. The first-order chi connectivity index (χ1) is 16.4.